The van der Waals surface area contributed by atoms with Gasteiger partial charge < -0.3 is 9.84 Å². The van der Waals surface area contributed by atoms with Gasteiger partial charge in [-0.3, -0.25) is 14.5 Å². The summed E-state index contributed by atoms with van der Waals surface area (Å²) >= 11 is 1.46. The fourth-order valence-electron chi connectivity index (χ4n) is 3.72. The first-order valence-electron chi connectivity index (χ1n) is 10.1. The molecule has 2 heterocycles. The van der Waals surface area contributed by atoms with Crippen LogP contribution in [-0.2, 0) is 9.59 Å². The van der Waals surface area contributed by atoms with Gasteiger partial charge in [0.15, 0.2) is 0 Å². The summed E-state index contributed by atoms with van der Waals surface area (Å²) in [5, 5.41) is 13.1. The molecule has 1 atom stereocenters. The number of thiophene rings is 1. The molecule has 1 amide bonds. The number of aliphatic hydroxyl groups is 1. The molecule has 1 aliphatic rings. The molecule has 1 aromatic heterocycles. The second-order valence-electron chi connectivity index (χ2n) is 7.66. The zero-order valence-electron chi connectivity index (χ0n) is 17.5. The minimum atomic E-state index is -0.693. The van der Waals surface area contributed by atoms with Gasteiger partial charge in [0.25, 0.3) is 11.7 Å². The van der Waals surface area contributed by atoms with Gasteiger partial charge in [0.1, 0.15) is 17.6 Å². The Labute approximate surface area is 185 Å². The van der Waals surface area contributed by atoms with E-state index in [4.69, 9.17) is 4.74 Å². The van der Waals surface area contributed by atoms with E-state index in [0.29, 0.717) is 17.0 Å². The van der Waals surface area contributed by atoms with E-state index >= 15 is 0 Å². The Bertz CT molecular complexity index is 1150. The van der Waals surface area contributed by atoms with Gasteiger partial charge in [-0.25, -0.2) is 0 Å². The van der Waals surface area contributed by atoms with Crippen molar-refractivity contribution in [1.29, 1.82) is 0 Å². The maximum atomic E-state index is 13.1. The zero-order valence-corrected chi connectivity index (χ0v) is 18.3. The van der Waals surface area contributed by atoms with E-state index in [9.17, 15) is 14.7 Å². The van der Waals surface area contributed by atoms with Crippen molar-refractivity contribution >= 4 is 34.5 Å². The number of hydrogen-bond donors (Lipinski definition) is 1. The molecule has 4 rings (SSSR count). The van der Waals surface area contributed by atoms with E-state index in [0.717, 1.165) is 10.4 Å². The number of para-hydroxylation sites is 1. The Morgan fingerprint density at radius 3 is 2.29 bits per heavy atom. The number of nitrogens with zero attached hydrogens (tertiary/aromatic N) is 1. The van der Waals surface area contributed by atoms with Crippen molar-refractivity contribution in [2.45, 2.75) is 32.9 Å². The predicted octanol–water partition coefficient (Wildman–Crippen LogP) is 5.47. The van der Waals surface area contributed by atoms with E-state index < -0.39 is 17.7 Å². The maximum absolute atomic E-state index is 13.1. The lowest BCUT2D eigenvalue weighted by molar-refractivity contribution is -0.132. The highest BCUT2D eigenvalue weighted by Gasteiger charge is 2.47. The van der Waals surface area contributed by atoms with Crippen molar-refractivity contribution in [2.75, 3.05) is 4.90 Å². The first-order chi connectivity index (χ1) is 14.9. The lowest BCUT2D eigenvalue weighted by Gasteiger charge is -2.25. The zero-order chi connectivity index (χ0) is 22.1. The van der Waals surface area contributed by atoms with Crippen LogP contribution in [0.4, 0.5) is 5.69 Å². The van der Waals surface area contributed by atoms with Gasteiger partial charge in [-0.1, -0.05) is 18.2 Å². The summed E-state index contributed by atoms with van der Waals surface area (Å²) in [5.41, 5.74) is 2.13. The second kappa shape index (κ2) is 8.40. The van der Waals surface area contributed by atoms with Crippen molar-refractivity contribution in [1.82, 2.24) is 0 Å². The van der Waals surface area contributed by atoms with Crippen LogP contribution in [0, 0.1) is 6.92 Å². The predicted molar refractivity (Wildman–Crippen MR) is 122 cm³/mol. The van der Waals surface area contributed by atoms with Gasteiger partial charge in [-0.15, -0.1) is 11.3 Å². The van der Waals surface area contributed by atoms with Crippen molar-refractivity contribution in [3.05, 3.63) is 87.6 Å². The molecule has 3 aromatic rings. The van der Waals surface area contributed by atoms with Crippen LogP contribution in [0.5, 0.6) is 5.75 Å². The van der Waals surface area contributed by atoms with Crippen molar-refractivity contribution in [2.24, 2.45) is 0 Å². The average molecular weight is 434 g/mol. The van der Waals surface area contributed by atoms with E-state index in [1.165, 1.54) is 16.2 Å². The van der Waals surface area contributed by atoms with Crippen LogP contribution in [-0.4, -0.2) is 22.9 Å². The Morgan fingerprint density at radius 1 is 1.03 bits per heavy atom. The molecule has 2 aromatic carbocycles. The molecule has 158 valence electrons. The number of aryl methyl sites for hydroxylation is 1. The molecule has 1 N–H and O–H groups in total. The van der Waals surface area contributed by atoms with Gasteiger partial charge in [0.2, 0.25) is 0 Å². The average Bonchev–Trinajstić information content (AvgIpc) is 3.29. The summed E-state index contributed by atoms with van der Waals surface area (Å²) in [4.78, 5) is 28.5. The molecule has 1 fully saturated rings. The second-order valence-corrected chi connectivity index (χ2v) is 8.61. The maximum Gasteiger partial charge on any atom is 0.300 e. The number of Topliss-reactive ketones (excluding diaryl/α,β-unsaturated/α-hetero) is 1. The van der Waals surface area contributed by atoms with Crippen molar-refractivity contribution in [3.8, 4) is 5.75 Å². The van der Waals surface area contributed by atoms with Crippen LogP contribution in [0.1, 0.15) is 35.9 Å². The van der Waals surface area contributed by atoms with Gasteiger partial charge >= 0.3 is 0 Å². The highest BCUT2D eigenvalue weighted by atomic mass is 32.1. The number of carbonyl (C=O) groups excluding carboxylic acids is 2. The molecule has 5 nitrogen and oxygen atoms in total. The molecular formula is C25H23NO4S. The van der Waals surface area contributed by atoms with E-state index in [1.807, 2.05) is 50.4 Å². The molecule has 0 saturated carbocycles. The van der Waals surface area contributed by atoms with Crippen LogP contribution in [0.15, 0.2) is 71.6 Å². The Kier molecular flexibility index (Phi) is 5.65. The Hall–Kier alpha value is -3.38. The molecule has 0 spiro atoms. The number of ether oxygens (including phenoxy) is 1. The van der Waals surface area contributed by atoms with Crippen LogP contribution < -0.4 is 9.64 Å². The van der Waals surface area contributed by atoms with Crippen LogP contribution >= 0.6 is 11.3 Å². The Morgan fingerprint density at radius 2 is 1.71 bits per heavy atom. The summed E-state index contributed by atoms with van der Waals surface area (Å²) in [6, 6.07) is 17.2. The van der Waals surface area contributed by atoms with Gasteiger partial charge in [-0.2, -0.15) is 0 Å². The van der Waals surface area contributed by atoms with E-state index in [1.54, 1.807) is 36.4 Å². The molecule has 6 heteroatoms. The summed E-state index contributed by atoms with van der Waals surface area (Å²) < 4.78 is 5.66. The van der Waals surface area contributed by atoms with Crippen molar-refractivity contribution in [3.63, 3.8) is 0 Å². The smallest absolute Gasteiger partial charge is 0.300 e. The first kappa shape index (κ1) is 20.9. The number of anilines is 1. The number of amides is 1. The summed E-state index contributed by atoms with van der Waals surface area (Å²) in [6.07, 6.45) is 0.0254. The number of hydrogen-bond acceptors (Lipinski definition) is 5. The summed E-state index contributed by atoms with van der Waals surface area (Å²) in [7, 11) is 0. The molecule has 1 unspecified atom stereocenters. The lowest BCUT2D eigenvalue weighted by Crippen LogP contribution is -2.29. The quantitative estimate of drug-likeness (QED) is 0.329. The van der Waals surface area contributed by atoms with Crippen LogP contribution in [0.3, 0.4) is 0 Å². The number of ketones is 1. The minimum absolute atomic E-state index is 0.0254. The van der Waals surface area contributed by atoms with Crippen molar-refractivity contribution < 1.29 is 19.4 Å². The van der Waals surface area contributed by atoms with Crippen LogP contribution in [0.25, 0.3) is 5.76 Å². The largest absolute Gasteiger partial charge is 0.507 e. The van der Waals surface area contributed by atoms with Gasteiger partial charge in [0.05, 0.1) is 11.7 Å². The van der Waals surface area contributed by atoms with Crippen LogP contribution in [0.2, 0.25) is 0 Å². The number of benzene rings is 2. The molecule has 1 saturated heterocycles. The van der Waals surface area contributed by atoms with E-state index in [2.05, 4.69) is 0 Å². The van der Waals surface area contributed by atoms with Gasteiger partial charge in [-0.05, 0) is 74.2 Å². The highest BCUT2D eigenvalue weighted by molar-refractivity contribution is 7.10. The normalized spacial score (nSPS) is 18.1. The third kappa shape index (κ3) is 3.86. The van der Waals surface area contributed by atoms with Gasteiger partial charge in [0, 0.05) is 16.1 Å². The summed E-state index contributed by atoms with van der Waals surface area (Å²) in [6.45, 7) is 5.81. The molecular weight excluding hydrogens is 410 g/mol. The van der Waals surface area contributed by atoms with E-state index in [-0.39, 0.29) is 17.4 Å². The topological polar surface area (TPSA) is 66.8 Å². The summed E-state index contributed by atoms with van der Waals surface area (Å²) in [5.74, 6) is -0.861. The number of rotatable bonds is 5. The minimum Gasteiger partial charge on any atom is -0.507 e. The fraction of sp³-hybridized carbons (Fsp3) is 0.200. The molecule has 0 bridgehead atoms. The molecule has 0 aliphatic carbocycles. The fourth-order valence-corrected chi connectivity index (χ4v) is 4.74. The number of aliphatic hydroxyl groups excluding tert-OH is 1. The SMILES string of the molecule is Cc1ccsc1C1/C(=C(/O)c2ccc(OC(C)C)cc2)C(=O)C(=O)N1c1ccccc1. The molecule has 1 aliphatic heterocycles. The lowest BCUT2D eigenvalue weighted by atomic mass is 9.98. The highest BCUT2D eigenvalue weighted by Crippen LogP contribution is 2.44. The third-order valence-corrected chi connectivity index (χ3v) is 6.20. The standard InChI is InChI=1S/C25H23NO4S/c1-15(2)30-19-11-9-17(10-12-19)22(27)20-21(24-16(3)13-14-31-24)26(25(29)23(20)28)18-7-5-4-6-8-18/h4-15,21,27H,1-3H3/b22-20-. The number of carbonyl (C=O) groups is 2. The third-order valence-electron chi connectivity index (χ3n) is 5.13. The Balaban J connectivity index is 1.85. The molecule has 0 radical (unpaired) electrons. The monoisotopic (exact) mass is 433 g/mol. The first-order valence-corrected chi connectivity index (χ1v) is 10.9. The molecule has 31 heavy (non-hydrogen) atoms.